The number of hydrogen-bond donors (Lipinski definition) is 1. The quantitative estimate of drug-likeness (QED) is 0.690. The molecule has 0 unspecified atom stereocenters. The molecule has 3 nitrogen and oxygen atoms in total. The first kappa shape index (κ1) is 8.52. The molecule has 0 spiro atoms. The molecule has 2 aromatic rings. The first-order chi connectivity index (χ1) is 6.79. The summed E-state index contributed by atoms with van der Waals surface area (Å²) >= 11 is 0. The minimum Gasteiger partial charge on any atom is -0.342 e. The van der Waals surface area contributed by atoms with Crippen LogP contribution in [0.1, 0.15) is 11.4 Å². The highest BCUT2D eigenvalue weighted by Gasteiger charge is 1.98. The number of imidazole rings is 1. The molecule has 1 aromatic heterocycles. The van der Waals surface area contributed by atoms with Gasteiger partial charge in [-0.15, -0.1) is 0 Å². The van der Waals surface area contributed by atoms with Gasteiger partial charge in [-0.05, 0) is 30.7 Å². The van der Waals surface area contributed by atoms with E-state index < -0.39 is 0 Å². The molecule has 1 aromatic carbocycles. The van der Waals surface area contributed by atoms with E-state index in [-0.39, 0.29) is 0 Å². The number of rotatable bonds is 1. The molecule has 0 saturated carbocycles. The van der Waals surface area contributed by atoms with E-state index in [0.717, 1.165) is 22.4 Å². The van der Waals surface area contributed by atoms with Crippen molar-refractivity contribution in [3.63, 3.8) is 0 Å². The Morgan fingerprint density at radius 2 is 2.36 bits per heavy atom. The lowest BCUT2D eigenvalue weighted by Gasteiger charge is -1.91. The lowest BCUT2D eigenvalue weighted by atomic mass is 10.2. The van der Waals surface area contributed by atoms with Gasteiger partial charge >= 0.3 is 0 Å². The number of aryl methyl sites for hydroxylation is 1. The van der Waals surface area contributed by atoms with Gasteiger partial charge in [-0.2, -0.15) is 5.26 Å². The molecule has 3 heteroatoms. The molecule has 0 saturated heterocycles. The molecule has 0 radical (unpaired) electrons. The van der Waals surface area contributed by atoms with Crippen molar-refractivity contribution >= 4 is 17.1 Å². The first-order valence-corrected chi connectivity index (χ1v) is 4.32. The van der Waals surface area contributed by atoms with Crippen LogP contribution in [0, 0.1) is 18.3 Å². The van der Waals surface area contributed by atoms with Crippen molar-refractivity contribution in [1.29, 1.82) is 5.26 Å². The van der Waals surface area contributed by atoms with E-state index >= 15 is 0 Å². The smallest absolute Gasteiger partial charge is 0.104 e. The highest BCUT2D eigenvalue weighted by Crippen LogP contribution is 2.14. The minimum atomic E-state index is 0.904. The van der Waals surface area contributed by atoms with Gasteiger partial charge in [0, 0.05) is 6.08 Å². The van der Waals surface area contributed by atoms with Crippen LogP contribution in [0.3, 0.4) is 0 Å². The van der Waals surface area contributed by atoms with Gasteiger partial charge in [0.15, 0.2) is 0 Å². The monoisotopic (exact) mass is 183 g/mol. The number of H-pyrrole nitrogens is 1. The third-order valence-electron chi connectivity index (χ3n) is 1.97. The van der Waals surface area contributed by atoms with Crippen molar-refractivity contribution in [1.82, 2.24) is 9.97 Å². The molecule has 68 valence electrons. The van der Waals surface area contributed by atoms with Crippen LogP contribution in [0.15, 0.2) is 24.3 Å². The van der Waals surface area contributed by atoms with Gasteiger partial charge in [0.1, 0.15) is 5.82 Å². The number of nitriles is 1. The van der Waals surface area contributed by atoms with Crippen LogP contribution in [0.4, 0.5) is 0 Å². The summed E-state index contributed by atoms with van der Waals surface area (Å²) in [6, 6.07) is 7.82. The Morgan fingerprint density at radius 1 is 1.50 bits per heavy atom. The second-order valence-corrected chi connectivity index (χ2v) is 3.06. The molecular weight excluding hydrogens is 174 g/mol. The molecule has 0 atom stereocenters. The van der Waals surface area contributed by atoms with Crippen molar-refractivity contribution in [2.24, 2.45) is 0 Å². The largest absolute Gasteiger partial charge is 0.342 e. The molecule has 0 bridgehead atoms. The zero-order valence-electron chi connectivity index (χ0n) is 7.78. The predicted octanol–water partition coefficient (Wildman–Crippen LogP) is 2.41. The number of fused-ring (bicyclic) bond motifs is 1. The van der Waals surface area contributed by atoms with Gasteiger partial charge in [-0.3, -0.25) is 0 Å². The van der Waals surface area contributed by atoms with Crippen LogP contribution in [0.25, 0.3) is 17.1 Å². The topological polar surface area (TPSA) is 52.5 Å². The van der Waals surface area contributed by atoms with Crippen molar-refractivity contribution in [3.05, 3.63) is 35.7 Å². The van der Waals surface area contributed by atoms with Gasteiger partial charge in [-0.1, -0.05) is 6.07 Å². The van der Waals surface area contributed by atoms with Crippen molar-refractivity contribution in [2.45, 2.75) is 6.92 Å². The third-order valence-corrected chi connectivity index (χ3v) is 1.97. The number of hydrogen-bond acceptors (Lipinski definition) is 2. The maximum atomic E-state index is 8.39. The Labute approximate surface area is 81.7 Å². The molecule has 1 heterocycles. The number of aromatic nitrogens is 2. The highest BCUT2D eigenvalue weighted by atomic mass is 14.9. The zero-order chi connectivity index (χ0) is 9.97. The Hall–Kier alpha value is -2.08. The minimum absolute atomic E-state index is 0.904. The number of aromatic amines is 1. The summed E-state index contributed by atoms with van der Waals surface area (Å²) < 4.78 is 0. The van der Waals surface area contributed by atoms with Crippen LogP contribution in [0.5, 0.6) is 0 Å². The molecule has 2 rings (SSSR count). The van der Waals surface area contributed by atoms with Gasteiger partial charge in [0.25, 0.3) is 0 Å². The fourth-order valence-electron chi connectivity index (χ4n) is 1.39. The van der Waals surface area contributed by atoms with Crippen molar-refractivity contribution in [2.75, 3.05) is 0 Å². The number of allylic oxidation sites excluding steroid dienone is 1. The van der Waals surface area contributed by atoms with Crippen molar-refractivity contribution in [3.8, 4) is 6.07 Å². The van der Waals surface area contributed by atoms with E-state index in [1.165, 1.54) is 6.08 Å². The normalized spacial score (nSPS) is 10.9. The molecule has 0 aliphatic carbocycles. The fraction of sp³-hybridized carbons (Fsp3) is 0.0909. The summed E-state index contributed by atoms with van der Waals surface area (Å²) in [6.07, 6.45) is 3.24. The van der Waals surface area contributed by atoms with E-state index in [0.29, 0.717) is 0 Å². The summed E-state index contributed by atoms with van der Waals surface area (Å²) in [4.78, 5) is 7.44. The van der Waals surface area contributed by atoms with E-state index in [2.05, 4.69) is 9.97 Å². The Bertz CT molecular complexity index is 529. The predicted molar refractivity (Wildman–Crippen MR) is 55.5 cm³/mol. The van der Waals surface area contributed by atoms with Crippen LogP contribution in [-0.4, -0.2) is 9.97 Å². The number of benzene rings is 1. The summed E-state index contributed by atoms with van der Waals surface area (Å²) in [6.45, 7) is 1.92. The molecule has 14 heavy (non-hydrogen) atoms. The second-order valence-electron chi connectivity index (χ2n) is 3.06. The summed E-state index contributed by atoms with van der Waals surface area (Å²) in [7, 11) is 0. The maximum absolute atomic E-state index is 8.39. The van der Waals surface area contributed by atoms with Gasteiger partial charge < -0.3 is 4.98 Å². The van der Waals surface area contributed by atoms with Gasteiger partial charge in [0.05, 0.1) is 17.1 Å². The first-order valence-electron chi connectivity index (χ1n) is 4.32. The number of nitrogens with zero attached hydrogens (tertiary/aromatic N) is 2. The molecule has 1 N–H and O–H groups in total. The maximum Gasteiger partial charge on any atom is 0.104 e. The lowest BCUT2D eigenvalue weighted by Crippen LogP contribution is -1.73. The molecule has 0 fully saturated rings. The van der Waals surface area contributed by atoms with E-state index in [1.807, 2.05) is 31.2 Å². The molecule has 0 aliphatic heterocycles. The SMILES string of the molecule is Cc1nc2ccc(C=CC#N)cc2[nH]1. The van der Waals surface area contributed by atoms with Crippen LogP contribution in [-0.2, 0) is 0 Å². The molecular formula is C11H9N3. The summed E-state index contributed by atoms with van der Waals surface area (Å²) in [5.74, 6) is 0.904. The highest BCUT2D eigenvalue weighted by molar-refractivity contribution is 5.78. The number of nitrogens with one attached hydrogen (secondary N) is 1. The van der Waals surface area contributed by atoms with E-state index in [1.54, 1.807) is 6.08 Å². The van der Waals surface area contributed by atoms with E-state index in [4.69, 9.17) is 5.26 Å². The van der Waals surface area contributed by atoms with Crippen molar-refractivity contribution < 1.29 is 0 Å². The Balaban J connectivity index is 2.51. The standard InChI is InChI=1S/C11H9N3/c1-8-13-10-5-4-9(3-2-6-12)7-11(10)14-8/h2-5,7H,1H3,(H,13,14). The summed E-state index contributed by atoms with van der Waals surface area (Å²) in [5.41, 5.74) is 2.96. The third kappa shape index (κ3) is 1.50. The fourth-order valence-corrected chi connectivity index (χ4v) is 1.39. The van der Waals surface area contributed by atoms with Crippen LogP contribution >= 0.6 is 0 Å². The summed E-state index contributed by atoms with van der Waals surface area (Å²) in [5, 5.41) is 8.39. The van der Waals surface area contributed by atoms with Crippen LogP contribution < -0.4 is 0 Å². The Kier molecular flexibility index (Phi) is 2.04. The van der Waals surface area contributed by atoms with Gasteiger partial charge in [0.2, 0.25) is 0 Å². The zero-order valence-corrected chi connectivity index (χ0v) is 7.78. The Morgan fingerprint density at radius 3 is 3.14 bits per heavy atom. The van der Waals surface area contributed by atoms with E-state index in [9.17, 15) is 0 Å². The second kappa shape index (κ2) is 3.35. The average molecular weight is 183 g/mol. The molecule has 0 aliphatic rings. The van der Waals surface area contributed by atoms with Crippen LogP contribution in [0.2, 0.25) is 0 Å². The lowest BCUT2D eigenvalue weighted by molar-refractivity contribution is 1.17. The molecule has 0 amide bonds. The average Bonchev–Trinajstić information content (AvgIpc) is 2.54. The van der Waals surface area contributed by atoms with Gasteiger partial charge in [-0.25, -0.2) is 4.98 Å².